The van der Waals surface area contributed by atoms with Gasteiger partial charge in [0.15, 0.2) is 0 Å². The van der Waals surface area contributed by atoms with E-state index in [1.165, 1.54) is 6.07 Å². The number of carboxylic acid groups (broad SMARTS) is 1. The zero-order chi connectivity index (χ0) is 14.7. The molecular weight excluding hydrogens is 258 g/mol. The second kappa shape index (κ2) is 5.70. The summed E-state index contributed by atoms with van der Waals surface area (Å²) in [6, 6.07) is 4.94. The average Bonchev–Trinajstić information content (AvgIpc) is 2.87. The zero-order valence-corrected chi connectivity index (χ0v) is 11.1. The van der Waals surface area contributed by atoms with Gasteiger partial charge in [-0.15, -0.1) is 0 Å². The van der Waals surface area contributed by atoms with Crippen LogP contribution in [-0.4, -0.2) is 28.0 Å². The Morgan fingerprint density at radius 1 is 1.45 bits per heavy atom. The molecule has 20 heavy (non-hydrogen) atoms. The second-order valence-corrected chi connectivity index (χ2v) is 4.96. The van der Waals surface area contributed by atoms with Gasteiger partial charge in [-0.05, 0) is 38.3 Å². The van der Waals surface area contributed by atoms with Crippen molar-refractivity contribution in [3.63, 3.8) is 0 Å². The van der Waals surface area contributed by atoms with Crippen LogP contribution in [0.25, 0.3) is 0 Å². The lowest BCUT2D eigenvalue weighted by molar-refractivity contribution is -0.141. The monoisotopic (exact) mass is 273 g/mol. The summed E-state index contributed by atoms with van der Waals surface area (Å²) in [5.74, 6) is -1.52. The summed E-state index contributed by atoms with van der Waals surface area (Å²) in [5.41, 5.74) is 1.20. The largest absolute Gasteiger partial charge is 0.481 e. The van der Waals surface area contributed by atoms with Crippen molar-refractivity contribution < 1.29 is 14.7 Å². The van der Waals surface area contributed by atoms with Gasteiger partial charge in [0.05, 0.1) is 17.2 Å². The molecule has 1 aromatic heterocycles. The van der Waals surface area contributed by atoms with Gasteiger partial charge in [-0.1, -0.05) is 0 Å². The van der Waals surface area contributed by atoms with Crippen molar-refractivity contribution in [1.29, 1.82) is 5.26 Å². The summed E-state index contributed by atoms with van der Waals surface area (Å²) in [7, 11) is 0. The van der Waals surface area contributed by atoms with Gasteiger partial charge in [0, 0.05) is 6.04 Å². The van der Waals surface area contributed by atoms with Gasteiger partial charge in [0.1, 0.15) is 11.8 Å². The molecule has 1 aromatic rings. The van der Waals surface area contributed by atoms with Crippen LogP contribution in [0.2, 0.25) is 0 Å². The molecule has 6 heteroatoms. The summed E-state index contributed by atoms with van der Waals surface area (Å²) >= 11 is 0. The molecule has 6 nitrogen and oxygen atoms in total. The van der Waals surface area contributed by atoms with E-state index < -0.39 is 5.97 Å². The van der Waals surface area contributed by atoms with Gasteiger partial charge in [-0.2, -0.15) is 5.26 Å². The van der Waals surface area contributed by atoms with Gasteiger partial charge < -0.3 is 10.4 Å². The highest BCUT2D eigenvalue weighted by Crippen LogP contribution is 2.25. The normalized spacial score (nSPS) is 21.2. The quantitative estimate of drug-likeness (QED) is 0.862. The average molecular weight is 273 g/mol. The van der Waals surface area contributed by atoms with Gasteiger partial charge in [0.25, 0.3) is 5.91 Å². The number of amides is 1. The SMILES string of the molecule is Cc1nc(C(=O)NC2CCC(C(=O)O)C2)ccc1C#N. The van der Waals surface area contributed by atoms with Crippen LogP contribution < -0.4 is 5.32 Å². The lowest BCUT2D eigenvalue weighted by atomic mass is 10.1. The highest BCUT2D eigenvalue weighted by molar-refractivity contribution is 5.92. The van der Waals surface area contributed by atoms with Crippen LogP contribution in [0.15, 0.2) is 12.1 Å². The number of carbonyl (C=O) groups excluding carboxylic acids is 1. The maximum absolute atomic E-state index is 12.0. The van der Waals surface area contributed by atoms with E-state index in [1.807, 2.05) is 6.07 Å². The molecule has 0 bridgehead atoms. The molecule has 0 saturated heterocycles. The number of aromatic nitrogens is 1. The minimum atomic E-state index is -0.811. The van der Waals surface area contributed by atoms with Crippen LogP contribution in [0.5, 0.6) is 0 Å². The molecule has 1 heterocycles. The van der Waals surface area contributed by atoms with Crippen molar-refractivity contribution in [3.05, 3.63) is 29.1 Å². The topological polar surface area (TPSA) is 103 Å². The van der Waals surface area contributed by atoms with E-state index in [0.717, 1.165) is 0 Å². The summed E-state index contributed by atoms with van der Waals surface area (Å²) in [6.07, 6.45) is 1.70. The maximum Gasteiger partial charge on any atom is 0.306 e. The summed E-state index contributed by atoms with van der Waals surface area (Å²) in [4.78, 5) is 27.0. The molecule has 1 aliphatic rings. The van der Waals surface area contributed by atoms with Gasteiger partial charge in [0.2, 0.25) is 0 Å². The van der Waals surface area contributed by atoms with Crippen LogP contribution in [0.4, 0.5) is 0 Å². The van der Waals surface area contributed by atoms with Crippen molar-refractivity contribution in [2.75, 3.05) is 0 Å². The van der Waals surface area contributed by atoms with Crippen LogP contribution in [0.3, 0.4) is 0 Å². The Labute approximate surface area is 116 Å². The van der Waals surface area contributed by atoms with E-state index in [1.54, 1.807) is 13.0 Å². The molecule has 2 atom stereocenters. The minimum Gasteiger partial charge on any atom is -0.481 e. The third-order valence-corrected chi connectivity index (χ3v) is 3.56. The number of nitrogens with one attached hydrogen (secondary N) is 1. The number of aliphatic carboxylic acids is 1. The molecule has 1 fully saturated rings. The first-order chi connectivity index (χ1) is 9.51. The van der Waals surface area contributed by atoms with Crippen LogP contribution in [-0.2, 0) is 4.79 Å². The van der Waals surface area contributed by atoms with Crippen molar-refractivity contribution in [2.24, 2.45) is 5.92 Å². The number of nitrogens with zero attached hydrogens (tertiary/aromatic N) is 2. The lowest BCUT2D eigenvalue weighted by Crippen LogP contribution is -2.34. The minimum absolute atomic E-state index is 0.124. The summed E-state index contributed by atoms with van der Waals surface area (Å²) in [5, 5.41) is 20.5. The number of pyridine rings is 1. The van der Waals surface area contributed by atoms with Gasteiger partial charge in [-0.25, -0.2) is 4.98 Å². The number of hydrogen-bond acceptors (Lipinski definition) is 4. The predicted molar refractivity (Wildman–Crippen MR) is 69.9 cm³/mol. The van der Waals surface area contributed by atoms with E-state index in [4.69, 9.17) is 10.4 Å². The number of nitriles is 1. The van der Waals surface area contributed by atoms with Crippen LogP contribution in [0.1, 0.15) is 41.0 Å². The van der Waals surface area contributed by atoms with Crippen LogP contribution >= 0.6 is 0 Å². The highest BCUT2D eigenvalue weighted by atomic mass is 16.4. The van der Waals surface area contributed by atoms with Crippen molar-refractivity contribution in [1.82, 2.24) is 10.3 Å². The molecule has 0 aliphatic heterocycles. The number of aryl methyl sites for hydroxylation is 1. The number of carboxylic acids is 1. The Kier molecular flexibility index (Phi) is 3.99. The molecular formula is C14H15N3O3. The molecule has 2 rings (SSSR count). The highest BCUT2D eigenvalue weighted by Gasteiger charge is 2.30. The Bertz CT molecular complexity index is 592. The van der Waals surface area contributed by atoms with E-state index in [9.17, 15) is 9.59 Å². The zero-order valence-electron chi connectivity index (χ0n) is 11.1. The van der Waals surface area contributed by atoms with Gasteiger partial charge >= 0.3 is 5.97 Å². The molecule has 0 radical (unpaired) electrons. The van der Waals surface area contributed by atoms with Crippen LogP contribution in [0, 0.1) is 24.2 Å². The molecule has 1 amide bonds. The fourth-order valence-electron chi connectivity index (χ4n) is 2.40. The van der Waals surface area contributed by atoms with Gasteiger partial charge in [-0.3, -0.25) is 9.59 Å². The van der Waals surface area contributed by atoms with E-state index in [2.05, 4.69) is 10.3 Å². The van der Waals surface area contributed by atoms with Crippen molar-refractivity contribution in [2.45, 2.75) is 32.2 Å². The molecule has 0 spiro atoms. The number of rotatable bonds is 3. The van der Waals surface area contributed by atoms with E-state index in [0.29, 0.717) is 30.5 Å². The molecule has 2 unspecified atom stereocenters. The van der Waals surface area contributed by atoms with E-state index >= 15 is 0 Å². The summed E-state index contributed by atoms with van der Waals surface area (Å²) < 4.78 is 0. The standard InChI is InChI=1S/C14H15N3O3/c1-8-10(7-15)3-5-12(16-8)13(18)17-11-4-2-9(6-11)14(19)20/h3,5,9,11H,2,4,6H2,1H3,(H,17,18)(H,19,20). The fraction of sp³-hybridized carbons (Fsp3) is 0.429. The first kappa shape index (κ1) is 14.0. The predicted octanol–water partition coefficient (Wildman–Crippen LogP) is 1.24. The fourth-order valence-corrected chi connectivity index (χ4v) is 2.40. The Hall–Kier alpha value is -2.42. The third kappa shape index (κ3) is 2.94. The smallest absolute Gasteiger partial charge is 0.306 e. The second-order valence-electron chi connectivity index (χ2n) is 4.96. The molecule has 0 aromatic carbocycles. The Morgan fingerprint density at radius 3 is 2.75 bits per heavy atom. The molecule has 104 valence electrons. The molecule has 1 saturated carbocycles. The molecule has 2 N–H and O–H groups in total. The Balaban J connectivity index is 2.01. The third-order valence-electron chi connectivity index (χ3n) is 3.56. The summed E-state index contributed by atoms with van der Waals surface area (Å²) in [6.45, 7) is 1.67. The number of hydrogen-bond donors (Lipinski definition) is 2. The van der Waals surface area contributed by atoms with E-state index in [-0.39, 0.29) is 23.6 Å². The number of carbonyl (C=O) groups is 2. The van der Waals surface area contributed by atoms with Crippen molar-refractivity contribution in [3.8, 4) is 6.07 Å². The molecule has 1 aliphatic carbocycles. The van der Waals surface area contributed by atoms with Crippen molar-refractivity contribution >= 4 is 11.9 Å². The first-order valence-electron chi connectivity index (χ1n) is 6.42. The maximum atomic E-state index is 12.0. The first-order valence-corrected chi connectivity index (χ1v) is 6.42. The Morgan fingerprint density at radius 2 is 2.20 bits per heavy atom. The lowest BCUT2D eigenvalue weighted by Gasteiger charge is -2.12.